The largest absolute Gasteiger partial charge is 0.382 e. The fourth-order valence-corrected chi connectivity index (χ4v) is 0.477. The predicted molar refractivity (Wildman–Crippen MR) is 32.8 cm³/mol. The van der Waals surface area contributed by atoms with Crippen LogP contribution in [0.5, 0.6) is 0 Å². The van der Waals surface area contributed by atoms with E-state index in [1.807, 2.05) is 0 Å². The highest BCUT2D eigenvalue weighted by atomic mass is 16.6. The summed E-state index contributed by atoms with van der Waals surface area (Å²) in [6.45, 7) is 0.873. The van der Waals surface area contributed by atoms with Gasteiger partial charge < -0.3 is 14.3 Å². The predicted octanol–water partition coefficient (Wildman–Crippen LogP) is -0.462. The highest BCUT2D eigenvalue weighted by molar-refractivity contribution is 4.51. The van der Waals surface area contributed by atoms with Crippen LogP contribution in [-0.4, -0.2) is 33.5 Å². The third-order valence-electron chi connectivity index (χ3n) is 0.968. The number of methoxy groups -OCH3 is 2. The fraction of sp³-hybridized carbons (Fsp3) is 1.00. The van der Waals surface area contributed by atoms with Gasteiger partial charge in [-0.1, -0.05) is 0 Å². The molecule has 0 fully saturated rings. The number of ether oxygens (including phenoxy) is 2. The Hall–Kier alpha value is -0.160. The third-order valence-corrected chi connectivity index (χ3v) is 0.968. The first kappa shape index (κ1) is 8.84. The average Bonchev–Trinajstić information content (AvgIpc) is 1.88. The van der Waals surface area contributed by atoms with Crippen molar-refractivity contribution in [2.75, 3.05) is 27.4 Å². The lowest BCUT2D eigenvalue weighted by Crippen LogP contribution is -2.25. The van der Waals surface area contributed by atoms with Gasteiger partial charge in [0.05, 0.1) is 13.2 Å². The van der Waals surface area contributed by atoms with E-state index in [-0.39, 0.29) is 6.10 Å². The van der Waals surface area contributed by atoms with E-state index >= 15 is 0 Å². The summed E-state index contributed by atoms with van der Waals surface area (Å²) in [5.41, 5.74) is 0. The first-order valence-corrected chi connectivity index (χ1v) is 2.68. The molecule has 0 saturated carbocycles. The summed E-state index contributed by atoms with van der Waals surface area (Å²) in [4.78, 5) is 4.34. The van der Waals surface area contributed by atoms with E-state index in [2.05, 4.69) is 4.84 Å². The van der Waals surface area contributed by atoms with E-state index in [0.717, 1.165) is 0 Å². The maximum atomic E-state index is 4.90. The SMILES string of the molecule is COCC(CON)OC. The van der Waals surface area contributed by atoms with Gasteiger partial charge in [0, 0.05) is 14.2 Å². The molecule has 56 valence electrons. The second-order valence-electron chi connectivity index (χ2n) is 1.65. The molecule has 0 bridgehead atoms. The summed E-state index contributed by atoms with van der Waals surface area (Å²) < 4.78 is 9.69. The van der Waals surface area contributed by atoms with Crippen molar-refractivity contribution in [1.29, 1.82) is 0 Å². The lowest BCUT2D eigenvalue weighted by Gasteiger charge is -2.11. The number of hydrogen-bond donors (Lipinski definition) is 1. The van der Waals surface area contributed by atoms with E-state index in [9.17, 15) is 0 Å². The molecule has 0 aromatic carbocycles. The Balaban J connectivity index is 3.18. The van der Waals surface area contributed by atoms with Gasteiger partial charge >= 0.3 is 0 Å². The summed E-state index contributed by atoms with van der Waals surface area (Å²) >= 11 is 0. The molecular weight excluding hydrogens is 122 g/mol. The topological polar surface area (TPSA) is 53.7 Å². The van der Waals surface area contributed by atoms with Gasteiger partial charge in [-0.3, -0.25) is 0 Å². The highest BCUT2D eigenvalue weighted by Crippen LogP contribution is 1.88. The molecule has 0 radical (unpaired) electrons. The second-order valence-corrected chi connectivity index (χ2v) is 1.65. The van der Waals surface area contributed by atoms with Crippen LogP contribution in [0, 0.1) is 0 Å². The van der Waals surface area contributed by atoms with Crippen LogP contribution in [-0.2, 0) is 14.3 Å². The maximum absolute atomic E-state index is 4.90. The lowest BCUT2D eigenvalue weighted by molar-refractivity contribution is -0.0309. The van der Waals surface area contributed by atoms with Crippen molar-refractivity contribution >= 4 is 0 Å². The molecule has 0 spiro atoms. The Morgan fingerprint density at radius 1 is 1.33 bits per heavy atom. The van der Waals surface area contributed by atoms with Crippen LogP contribution < -0.4 is 5.90 Å². The molecule has 0 amide bonds. The Labute approximate surface area is 54.8 Å². The molecule has 0 aliphatic carbocycles. The summed E-state index contributed by atoms with van der Waals surface area (Å²) in [6, 6.07) is 0. The second kappa shape index (κ2) is 5.97. The van der Waals surface area contributed by atoms with Crippen molar-refractivity contribution in [3.63, 3.8) is 0 Å². The van der Waals surface area contributed by atoms with Crippen LogP contribution in [0.4, 0.5) is 0 Å². The van der Waals surface area contributed by atoms with E-state index in [1.165, 1.54) is 0 Å². The standard InChI is InChI=1S/C5H13NO3/c1-7-3-5(8-2)4-9-6/h5H,3-4,6H2,1-2H3. The zero-order valence-electron chi connectivity index (χ0n) is 5.79. The van der Waals surface area contributed by atoms with E-state index < -0.39 is 0 Å². The van der Waals surface area contributed by atoms with Crippen molar-refractivity contribution in [2.24, 2.45) is 5.90 Å². The number of nitrogens with two attached hydrogens (primary N) is 1. The summed E-state index contributed by atoms with van der Waals surface area (Å²) in [5.74, 6) is 4.80. The van der Waals surface area contributed by atoms with Gasteiger partial charge in [-0.15, -0.1) is 0 Å². The van der Waals surface area contributed by atoms with E-state index in [0.29, 0.717) is 13.2 Å². The molecule has 0 heterocycles. The Bertz CT molecular complexity index is 54.2. The normalized spacial score (nSPS) is 13.7. The van der Waals surface area contributed by atoms with Crippen molar-refractivity contribution in [2.45, 2.75) is 6.10 Å². The lowest BCUT2D eigenvalue weighted by atomic mass is 10.4. The van der Waals surface area contributed by atoms with Crippen LogP contribution in [0.25, 0.3) is 0 Å². The highest BCUT2D eigenvalue weighted by Gasteiger charge is 2.04. The molecule has 0 rings (SSSR count). The molecule has 0 saturated heterocycles. The van der Waals surface area contributed by atoms with Gasteiger partial charge in [-0.2, -0.15) is 0 Å². The Morgan fingerprint density at radius 3 is 2.33 bits per heavy atom. The molecule has 4 heteroatoms. The zero-order valence-corrected chi connectivity index (χ0v) is 5.79. The maximum Gasteiger partial charge on any atom is 0.106 e. The molecule has 1 atom stereocenters. The Morgan fingerprint density at radius 2 is 2.00 bits per heavy atom. The molecule has 9 heavy (non-hydrogen) atoms. The minimum atomic E-state index is -0.0556. The van der Waals surface area contributed by atoms with Crippen LogP contribution in [0.3, 0.4) is 0 Å². The van der Waals surface area contributed by atoms with Crippen LogP contribution in [0.2, 0.25) is 0 Å². The molecular formula is C5H13NO3. The molecule has 1 unspecified atom stereocenters. The van der Waals surface area contributed by atoms with Crippen LogP contribution in [0.1, 0.15) is 0 Å². The first-order chi connectivity index (χ1) is 4.35. The molecule has 2 N–H and O–H groups in total. The fourth-order valence-electron chi connectivity index (χ4n) is 0.477. The summed E-state index contributed by atoms with van der Waals surface area (Å²) in [6.07, 6.45) is -0.0556. The number of rotatable bonds is 5. The van der Waals surface area contributed by atoms with Gasteiger partial charge in [0.15, 0.2) is 0 Å². The smallest absolute Gasteiger partial charge is 0.106 e. The molecule has 0 aromatic rings. The van der Waals surface area contributed by atoms with Crippen LogP contribution in [0.15, 0.2) is 0 Å². The van der Waals surface area contributed by atoms with Gasteiger partial charge in [0.25, 0.3) is 0 Å². The van der Waals surface area contributed by atoms with Crippen molar-refractivity contribution < 1.29 is 14.3 Å². The summed E-state index contributed by atoms with van der Waals surface area (Å²) in [7, 11) is 3.19. The van der Waals surface area contributed by atoms with Crippen LogP contribution >= 0.6 is 0 Å². The van der Waals surface area contributed by atoms with Crippen molar-refractivity contribution in [1.82, 2.24) is 0 Å². The van der Waals surface area contributed by atoms with Crippen molar-refractivity contribution in [3.05, 3.63) is 0 Å². The third kappa shape index (κ3) is 4.35. The quantitative estimate of drug-likeness (QED) is 0.518. The van der Waals surface area contributed by atoms with Gasteiger partial charge in [-0.25, -0.2) is 5.90 Å². The Kier molecular flexibility index (Phi) is 5.86. The van der Waals surface area contributed by atoms with E-state index in [4.69, 9.17) is 15.4 Å². The number of hydrogen-bond acceptors (Lipinski definition) is 4. The molecule has 0 aromatic heterocycles. The molecule has 4 nitrogen and oxygen atoms in total. The van der Waals surface area contributed by atoms with E-state index in [1.54, 1.807) is 14.2 Å². The minimum absolute atomic E-state index is 0.0556. The average molecular weight is 135 g/mol. The minimum Gasteiger partial charge on any atom is -0.382 e. The van der Waals surface area contributed by atoms with Gasteiger partial charge in [0.2, 0.25) is 0 Å². The van der Waals surface area contributed by atoms with Gasteiger partial charge in [-0.05, 0) is 0 Å². The molecule has 0 aliphatic rings. The monoisotopic (exact) mass is 135 g/mol. The van der Waals surface area contributed by atoms with Crippen molar-refractivity contribution in [3.8, 4) is 0 Å². The summed E-state index contributed by atoms with van der Waals surface area (Å²) in [5, 5.41) is 0. The zero-order chi connectivity index (χ0) is 7.11. The molecule has 0 aliphatic heterocycles. The van der Waals surface area contributed by atoms with Gasteiger partial charge in [0.1, 0.15) is 6.10 Å². The first-order valence-electron chi connectivity index (χ1n) is 2.68.